The van der Waals surface area contributed by atoms with Gasteiger partial charge in [-0.25, -0.2) is 8.42 Å². The molecule has 0 saturated heterocycles. The number of hydrogen-bond donors (Lipinski definition) is 2. The highest BCUT2D eigenvalue weighted by molar-refractivity contribution is 7.90. The van der Waals surface area contributed by atoms with Crippen LogP contribution in [0.15, 0.2) is 23.1 Å². The van der Waals surface area contributed by atoms with Crippen molar-refractivity contribution in [2.75, 3.05) is 18.2 Å². The molecule has 2 atom stereocenters. The van der Waals surface area contributed by atoms with Crippen molar-refractivity contribution in [3.63, 3.8) is 0 Å². The molecule has 0 bridgehead atoms. The van der Waals surface area contributed by atoms with Crippen LogP contribution in [0.25, 0.3) is 0 Å². The molecule has 7 nitrogen and oxygen atoms in total. The first-order valence-corrected chi connectivity index (χ1v) is 8.58. The molecule has 1 aliphatic carbocycles. The van der Waals surface area contributed by atoms with Crippen molar-refractivity contribution >= 4 is 21.2 Å². The van der Waals surface area contributed by atoms with Crippen molar-refractivity contribution in [1.82, 2.24) is 0 Å². The van der Waals surface area contributed by atoms with E-state index >= 15 is 0 Å². The van der Waals surface area contributed by atoms with Gasteiger partial charge >= 0.3 is 0 Å². The van der Waals surface area contributed by atoms with Crippen molar-refractivity contribution in [2.24, 2.45) is 5.92 Å². The first-order chi connectivity index (χ1) is 9.82. The number of nitro groups is 1. The highest BCUT2D eigenvalue weighted by Gasteiger charge is 2.28. The highest BCUT2D eigenvalue weighted by atomic mass is 32.2. The number of nitrogens with zero attached hydrogens (tertiary/aromatic N) is 1. The summed E-state index contributed by atoms with van der Waals surface area (Å²) in [6.45, 7) is 0.0346. The van der Waals surface area contributed by atoms with Crippen LogP contribution in [0, 0.1) is 16.0 Å². The van der Waals surface area contributed by atoms with Gasteiger partial charge in [0, 0.05) is 30.9 Å². The molecule has 2 rings (SSSR count). The Morgan fingerprint density at radius 1 is 1.43 bits per heavy atom. The van der Waals surface area contributed by atoms with Crippen LogP contribution in [-0.4, -0.2) is 37.4 Å². The lowest BCUT2D eigenvalue weighted by atomic mass is 10.0. The molecule has 1 saturated carbocycles. The Kier molecular flexibility index (Phi) is 4.48. The summed E-state index contributed by atoms with van der Waals surface area (Å²) < 4.78 is 23.0. The van der Waals surface area contributed by atoms with Gasteiger partial charge in [-0.2, -0.15) is 0 Å². The lowest BCUT2D eigenvalue weighted by Gasteiger charge is -2.20. The lowest BCUT2D eigenvalue weighted by Crippen LogP contribution is -2.26. The Labute approximate surface area is 123 Å². The van der Waals surface area contributed by atoms with Crippen LogP contribution in [-0.2, 0) is 9.84 Å². The molecule has 0 aromatic heterocycles. The van der Waals surface area contributed by atoms with E-state index in [1.165, 1.54) is 12.1 Å². The molecular formula is C13H18N2O5S. The first-order valence-electron chi connectivity index (χ1n) is 6.69. The quantitative estimate of drug-likeness (QED) is 0.630. The Balaban J connectivity index is 2.33. The summed E-state index contributed by atoms with van der Waals surface area (Å²) in [5.41, 5.74) is 0.0271. The Morgan fingerprint density at radius 2 is 2.14 bits per heavy atom. The maximum atomic E-state index is 11.5. The number of hydrogen-bond acceptors (Lipinski definition) is 6. The van der Waals surface area contributed by atoms with Gasteiger partial charge in [-0.15, -0.1) is 0 Å². The topological polar surface area (TPSA) is 110 Å². The van der Waals surface area contributed by atoms with E-state index in [0.717, 1.165) is 31.6 Å². The molecule has 21 heavy (non-hydrogen) atoms. The zero-order valence-corrected chi connectivity index (χ0v) is 12.5. The smallest absolute Gasteiger partial charge is 0.293 e. The molecule has 2 N–H and O–H groups in total. The maximum Gasteiger partial charge on any atom is 0.293 e. The van der Waals surface area contributed by atoms with Gasteiger partial charge in [-0.05, 0) is 25.0 Å². The van der Waals surface area contributed by atoms with E-state index in [4.69, 9.17) is 0 Å². The number of benzene rings is 1. The number of aliphatic hydroxyl groups excluding tert-OH is 1. The Hall–Kier alpha value is -1.67. The number of nitro benzene ring substituents is 1. The molecule has 1 aliphatic rings. The molecule has 1 aromatic carbocycles. The van der Waals surface area contributed by atoms with Crippen molar-refractivity contribution in [2.45, 2.75) is 30.2 Å². The maximum absolute atomic E-state index is 11.5. The molecule has 2 unspecified atom stereocenters. The van der Waals surface area contributed by atoms with E-state index in [1.807, 2.05) is 0 Å². The number of nitrogens with one attached hydrogen (secondary N) is 1. The van der Waals surface area contributed by atoms with Crippen LogP contribution >= 0.6 is 0 Å². The third kappa shape index (κ3) is 3.51. The predicted octanol–water partition coefficient (Wildman–Crippen LogP) is 1.57. The van der Waals surface area contributed by atoms with Crippen LogP contribution in [0.4, 0.5) is 11.4 Å². The summed E-state index contributed by atoms with van der Waals surface area (Å²) in [6, 6.07) is 3.81. The molecule has 1 fully saturated rings. The zero-order valence-electron chi connectivity index (χ0n) is 11.7. The monoisotopic (exact) mass is 314 g/mol. The van der Waals surface area contributed by atoms with Crippen molar-refractivity contribution in [3.05, 3.63) is 28.3 Å². The molecule has 0 spiro atoms. The molecule has 1 aromatic rings. The highest BCUT2D eigenvalue weighted by Crippen LogP contribution is 2.33. The van der Waals surface area contributed by atoms with Crippen LogP contribution in [0.1, 0.15) is 19.3 Å². The van der Waals surface area contributed by atoms with Crippen molar-refractivity contribution in [3.8, 4) is 0 Å². The predicted molar refractivity (Wildman–Crippen MR) is 78.0 cm³/mol. The van der Waals surface area contributed by atoms with E-state index in [0.29, 0.717) is 0 Å². The average molecular weight is 314 g/mol. The second-order valence-corrected chi connectivity index (χ2v) is 7.35. The third-order valence-electron chi connectivity index (χ3n) is 3.83. The Bertz CT molecular complexity index is 644. The first kappa shape index (κ1) is 15.7. The minimum atomic E-state index is -3.49. The molecule has 116 valence electrons. The molecular weight excluding hydrogens is 296 g/mol. The zero-order chi connectivity index (χ0) is 15.6. The molecule has 0 amide bonds. The van der Waals surface area contributed by atoms with Gasteiger partial charge < -0.3 is 10.4 Å². The summed E-state index contributed by atoms with van der Waals surface area (Å²) in [4.78, 5) is 10.5. The van der Waals surface area contributed by atoms with E-state index in [2.05, 4.69) is 5.32 Å². The van der Waals surface area contributed by atoms with Gasteiger partial charge in [0.1, 0.15) is 5.69 Å². The van der Waals surface area contributed by atoms with E-state index in [1.54, 1.807) is 0 Å². The fraction of sp³-hybridized carbons (Fsp3) is 0.538. The van der Waals surface area contributed by atoms with Crippen LogP contribution < -0.4 is 5.32 Å². The molecule has 0 heterocycles. The fourth-order valence-corrected chi connectivity index (χ4v) is 3.30. The summed E-state index contributed by atoms with van der Waals surface area (Å²) >= 11 is 0. The second kappa shape index (κ2) is 5.98. The van der Waals surface area contributed by atoms with Crippen LogP contribution in [0.2, 0.25) is 0 Å². The molecule has 0 radical (unpaired) electrons. The summed E-state index contributed by atoms with van der Waals surface area (Å²) in [5, 5.41) is 23.5. The summed E-state index contributed by atoms with van der Waals surface area (Å²) in [7, 11) is -3.49. The minimum Gasteiger partial charge on any atom is -0.396 e. The minimum absolute atomic E-state index is 0.0298. The van der Waals surface area contributed by atoms with E-state index in [-0.39, 0.29) is 34.8 Å². The largest absolute Gasteiger partial charge is 0.396 e. The standard InChI is InChI=1S/C13H18N2O5S/c1-21(19,20)10-5-6-12(13(7-10)15(17)18)14-11-4-2-3-9(11)8-16/h5-7,9,11,14,16H,2-4,8H2,1H3. The van der Waals surface area contributed by atoms with Gasteiger partial charge in [-0.3, -0.25) is 10.1 Å². The van der Waals surface area contributed by atoms with E-state index in [9.17, 15) is 23.6 Å². The van der Waals surface area contributed by atoms with Crippen LogP contribution in [0.3, 0.4) is 0 Å². The van der Waals surface area contributed by atoms with Crippen molar-refractivity contribution < 1.29 is 18.4 Å². The number of aliphatic hydroxyl groups is 1. The fourth-order valence-electron chi connectivity index (χ4n) is 2.66. The lowest BCUT2D eigenvalue weighted by molar-refractivity contribution is -0.384. The summed E-state index contributed by atoms with van der Waals surface area (Å²) in [6.07, 6.45) is 3.68. The van der Waals surface area contributed by atoms with Crippen LogP contribution in [0.5, 0.6) is 0 Å². The van der Waals surface area contributed by atoms with E-state index < -0.39 is 14.8 Å². The molecule has 8 heteroatoms. The number of rotatable bonds is 5. The Morgan fingerprint density at radius 3 is 2.71 bits per heavy atom. The normalized spacial score (nSPS) is 22.2. The van der Waals surface area contributed by atoms with Gasteiger partial charge in [-0.1, -0.05) is 6.42 Å². The van der Waals surface area contributed by atoms with Gasteiger partial charge in [0.25, 0.3) is 5.69 Å². The van der Waals surface area contributed by atoms with Crippen molar-refractivity contribution in [1.29, 1.82) is 0 Å². The second-order valence-electron chi connectivity index (χ2n) is 5.33. The SMILES string of the molecule is CS(=O)(=O)c1ccc(NC2CCCC2CO)c([N+](=O)[O-])c1. The van der Waals surface area contributed by atoms with Gasteiger partial charge in [0.2, 0.25) is 0 Å². The molecule has 0 aliphatic heterocycles. The number of anilines is 1. The van der Waals surface area contributed by atoms with Gasteiger partial charge in [0.15, 0.2) is 9.84 Å². The third-order valence-corrected chi connectivity index (χ3v) is 4.94. The summed E-state index contributed by atoms with van der Waals surface area (Å²) in [5.74, 6) is 0.0687. The average Bonchev–Trinajstić information content (AvgIpc) is 2.84. The van der Waals surface area contributed by atoms with Gasteiger partial charge in [0.05, 0.1) is 9.82 Å². The number of sulfone groups is 1.